The van der Waals surface area contributed by atoms with Gasteiger partial charge in [-0.15, -0.1) is 0 Å². The van der Waals surface area contributed by atoms with Crippen LogP contribution in [0.3, 0.4) is 0 Å². The number of ether oxygens (including phenoxy) is 1. The van der Waals surface area contributed by atoms with Crippen LogP contribution < -0.4 is 10.5 Å². The molecule has 1 aromatic rings. The van der Waals surface area contributed by atoms with Crippen LogP contribution in [0.2, 0.25) is 0 Å². The Balaban J connectivity index is 2.68. The lowest BCUT2D eigenvalue weighted by molar-refractivity contribution is 0.0603. The highest BCUT2D eigenvalue weighted by Gasteiger charge is 2.18. The zero-order valence-electron chi connectivity index (χ0n) is 10.5. The zero-order valence-corrected chi connectivity index (χ0v) is 11.3. The molecule has 1 aromatic carbocycles. The summed E-state index contributed by atoms with van der Waals surface area (Å²) >= 11 is 0. The van der Waals surface area contributed by atoms with Gasteiger partial charge in [-0.05, 0) is 24.6 Å². The highest BCUT2D eigenvalue weighted by atomic mass is 32.2. The molecular weight excluding hydrogens is 275 g/mol. The van der Waals surface area contributed by atoms with Gasteiger partial charge >= 0.3 is 0 Å². The van der Waals surface area contributed by atoms with Crippen LogP contribution >= 0.6 is 0 Å². The number of nitrogen functional groups attached to an aromatic ring is 1. The maximum atomic E-state index is 13.0. The SMILES string of the molecule is COCC(O)CCNS(=O)(=O)c1cc(F)ccc1N. The molecule has 19 heavy (non-hydrogen) atoms. The highest BCUT2D eigenvalue weighted by Crippen LogP contribution is 2.18. The number of benzene rings is 1. The lowest BCUT2D eigenvalue weighted by atomic mass is 10.3. The molecular formula is C11H17FN2O4S. The summed E-state index contributed by atoms with van der Waals surface area (Å²) in [5, 5.41) is 9.37. The van der Waals surface area contributed by atoms with E-state index in [0.29, 0.717) is 0 Å². The molecule has 0 spiro atoms. The van der Waals surface area contributed by atoms with Crippen molar-refractivity contribution in [3.63, 3.8) is 0 Å². The van der Waals surface area contributed by atoms with Gasteiger partial charge in [0.15, 0.2) is 0 Å². The number of hydrogen-bond acceptors (Lipinski definition) is 5. The molecule has 0 saturated carbocycles. The minimum absolute atomic E-state index is 0.00279. The van der Waals surface area contributed by atoms with E-state index in [4.69, 9.17) is 10.5 Å². The molecule has 1 rings (SSSR count). The summed E-state index contributed by atoms with van der Waals surface area (Å²) in [7, 11) is -2.46. The van der Waals surface area contributed by atoms with Crippen molar-refractivity contribution in [2.75, 3.05) is 26.0 Å². The first-order chi connectivity index (χ1) is 8.86. The number of sulfonamides is 1. The second-order valence-corrected chi connectivity index (χ2v) is 5.71. The van der Waals surface area contributed by atoms with Crippen molar-refractivity contribution in [2.45, 2.75) is 17.4 Å². The Hall–Kier alpha value is -1.22. The van der Waals surface area contributed by atoms with E-state index in [1.807, 2.05) is 0 Å². The average Bonchev–Trinajstić information content (AvgIpc) is 2.32. The fourth-order valence-electron chi connectivity index (χ4n) is 1.45. The summed E-state index contributed by atoms with van der Waals surface area (Å²) in [4.78, 5) is -0.311. The van der Waals surface area contributed by atoms with E-state index in [2.05, 4.69) is 4.72 Å². The number of hydrogen-bond donors (Lipinski definition) is 3. The number of methoxy groups -OCH3 is 1. The Morgan fingerprint density at radius 1 is 1.53 bits per heavy atom. The Kier molecular flexibility index (Phi) is 5.67. The van der Waals surface area contributed by atoms with Gasteiger partial charge in [0.05, 0.1) is 18.4 Å². The van der Waals surface area contributed by atoms with Crippen LogP contribution in [-0.4, -0.2) is 39.9 Å². The molecule has 0 aliphatic heterocycles. The summed E-state index contributed by atoms with van der Waals surface area (Å²) in [5.41, 5.74) is 5.46. The topological polar surface area (TPSA) is 102 Å². The molecule has 0 aliphatic carbocycles. The number of anilines is 1. The van der Waals surface area contributed by atoms with E-state index >= 15 is 0 Å². The second-order valence-electron chi connectivity index (χ2n) is 3.98. The van der Waals surface area contributed by atoms with E-state index in [9.17, 15) is 17.9 Å². The van der Waals surface area contributed by atoms with Crippen molar-refractivity contribution in [3.8, 4) is 0 Å². The molecule has 0 aromatic heterocycles. The normalized spacial score (nSPS) is 13.4. The smallest absolute Gasteiger partial charge is 0.242 e. The molecule has 0 radical (unpaired) electrons. The third-order valence-corrected chi connectivity index (χ3v) is 3.91. The summed E-state index contributed by atoms with van der Waals surface area (Å²) in [5.74, 6) is -0.686. The Bertz CT molecular complexity index is 521. The fourth-order valence-corrected chi connectivity index (χ4v) is 2.64. The quantitative estimate of drug-likeness (QED) is 0.618. The maximum Gasteiger partial charge on any atom is 0.242 e. The van der Waals surface area contributed by atoms with Gasteiger partial charge in [0.2, 0.25) is 10.0 Å². The van der Waals surface area contributed by atoms with Gasteiger partial charge in [-0.3, -0.25) is 0 Å². The minimum Gasteiger partial charge on any atom is -0.398 e. The van der Waals surface area contributed by atoms with Crippen molar-refractivity contribution in [1.29, 1.82) is 0 Å². The number of rotatable bonds is 7. The van der Waals surface area contributed by atoms with Crippen molar-refractivity contribution in [1.82, 2.24) is 4.72 Å². The maximum absolute atomic E-state index is 13.0. The van der Waals surface area contributed by atoms with Crippen LogP contribution in [0.5, 0.6) is 0 Å². The standard InChI is InChI=1S/C11H17FN2O4S/c1-18-7-9(15)4-5-14-19(16,17)11-6-8(12)2-3-10(11)13/h2-3,6,9,14-15H,4-5,7,13H2,1H3. The Labute approximate surface area is 111 Å². The molecule has 0 heterocycles. The lowest BCUT2D eigenvalue weighted by Crippen LogP contribution is -2.29. The summed E-state index contributed by atoms with van der Waals surface area (Å²) in [6.45, 7) is 0.118. The lowest BCUT2D eigenvalue weighted by Gasteiger charge is -2.11. The predicted molar refractivity (Wildman–Crippen MR) is 68.5 cm³/mol. The van der Waals surface area contributed by atoms with Crippen LogP contribution in [0.1, 0.15) is 6.42 Å². The first-order valence-corrected chi connectivity index (χ1v) is 7.07. The first kappa shape index (κ1) is 15.8. The van der Waals surface area contributed by atoms with Crippen molar-refractivity contribution >= 4 is 15.7 Å². The summed E-state index contributed by atoms with van der Waals surface area (Å²) in [6, 6.07) is 3.11. The molecule has 108 valence electrons. The van der Waals surface area contributed by atoms with Gasteiger partial charge in [0, 0.05) is 13.7 Å². The highest BCUT2D eigenvalue weighted by molar-refractivity contribution is 7.89. The summed E-state index contributed by atoms with van der Waals surface area (Å²) in [6.07, 6.45) is -0.583. The third kappa shape index (κ3) is 4.75. The van der Waals surface area contributed by atoms with E-state index in [-0.39, 0.29) is 30.2 Å². The van der Waals surface area contributed by atoms with Crippen LogP contribution in [0.15, 0.2) is 23.1 Å². The molecule has 6 nitrogen and oxygen atoms in total. The third-order valence-electron chi connectivity index (χ3n) is 2.39. The van der Waals surface area contributed by atoms with E-state index in [1.165, 1.54) is 13.2 Å². The molecule has 0 bridgehead atoms. The Morgan fingerprint density at radius 3 is 2.84 bits per heavy atom. The molecule has 1 unspecified atom stereocenters. The fraction of sp³-hybridized carbons (Fsp3) is 0.455. The van der Waals surface area contributed by atoms with Gasteiger partial charge in [0.1, 0.15) is 10.7 Å². The van der Waals surface area contributed by atoms with Crippen LogP contribution in [0.4, 0.5) is 10.1 Å². The molecule has 1 atom stereocenters. The van der Waals surface area contributed by atoms with E-state index in [1.54, 1.807) is 0 Å². The molecule has 0 saturated heterocycles. The minimum atomic E-state index is -3.89. The molecule has 4 N–H and O–H groups in total. The summed E-state index contributed by atoms with van der Waals surface area (Å²) < 4.78 is 43.7. The van der Waals surface area contributed by atoms with E-state index in [0.717, 1.165) is 12.1 Å². The molecule has 0 amide bonds. The van der Waals surface area contributed by atoms with Gasteiger partial charge in [0.25, 0.3) is 0 Å². The van der Waals surface area contributed by atoms with Crippen molar-refractivity contribution in [3.05, 3.63) is 24.0 Å². The Morgan fingerprint density at radius 2 is 2.21 bits per heavy atom. The monoisotopic (exact) mass is 292 g/mol. The first-order valence-electron chi connectivity index (χ1n) is 5.58. The van der Waals surface area contributed by atoms with Crippen molar-refractivity contribution < 1.29 is 22.7 Å². The van der Waals surface area contributed by atoms with Crippen LogP contribution in [0.25, 0.3) is 0 Å². The van der Waals surface area contributed by atoms with Crippen LogP contribution in [-0.2, 0) is 14.8 Å². The molecule has 0 aliphatic rings. The average molecular weight is 292 g/mol. The van der Waals surface area contributed by atoms with E-state index < -0.39 is 21.9 Å². The largest absolute Gasteiger partial charge is 0.398 e. The number of aliphatic hydroxyl groups is 1. The van der Waals surface area contributed by atoms with Crippen molar-refractivity contribution in [2.24, 2.45) is 0 Å². The second kappa shape index (κ2) is 6.80. The van der Waals surface area contributed by atoms with Gasteiger partial charge < -0.3 is 15.6 Å². The predicted octanol–water partition coefficient (Wildman–Crippen LogP) is 0.0836. The molecule has 0 fully saturated rings. The van der Waals surface area contributed by atoms with Gasteiger partial charge in [-0.1, -0.05) is 0 Å². The van der Waals surface area contributed by atoms with Gasteiger partial charge in [-0.2, -0.15) is 0 Å². The zero-order chi connectivity index (χ0) is 14.5. The van der Waals surface area contributed by atoms with Gasteiger partial charge in [-0.25, -0.2) is 17.5 Å². The number of nitrogens with two attached hydrogens (primary N) is 1. The number of aliphatic hydroxyl groups excluding tert-OH is 1. The number of halogens is 1. The molecule has 8 heteroatoms. The number of nitrogens with one attached hydrogen (secondary N) is 1. The van der Waals surface area contributed by atoms with Crippen LogP contribution in [0, 0.1) is 5.82 Å².